The van der Waals surface area contributed by atoms with E-state index in [-0.39, 0.29) is 27.6 Å². The van der Waals surface area contributed by atoms with Gasteiger partial charge < -0.3 is 10.1 Å². The van der Waals surface area contributed by atoms with Gasteiger partial charge in [0.25, 0.3) is 11.6 Å². The lowest BCUT2D eigenvalue weighted by atomic mass is 10.1. The van der Waals surface area contributed by atoms with Crippen molar-refractivity contribution < 1.29 is 22.9 Å². The van der Waals surface area contributed by atoms with E-state index in [1.165, 1.54) is 41.7 Å². The number of methoxy groups -OCH3 is 1. The summed E-state index contributed by atoms with van der Waals surface area (Å²) in [5.74, 6) is -0.331. The van der Waals surface area contributed by atoms with Gasteiger partial charge in [0, 0.05) is 30.8 Å². The summed E-state index contributed by atoms with van der Waals surface area (Å²) in [5, 5.41) is 13.6. The van der Waals surface area contributed by atoms with Crippen molar-refractivity contribution >= 4 is 27.3 Å². The summed E-state index contributed by atoms with van der Waals surface area (Å²) in [6.07, 6.45) is 1.62. The molecule has 0 radical (unpaired) electrons. The third kappa shape index (κ3) is 4.22. The molecule has 10 heteroatoms. The minimum Gasteiger partial charge on any atom is -0.495 e. The zero-order chi connectivity index (χ0) is 21.2. The van der Waals surface area contributed by atoms with Gasteiger partial charge in [0.15, 0.2) is 0 Å². The molecule has 0 unspecified atom stereocenters. The maximum atomic E-state index is 12.8. The number of non-ortho nitro benzene ring substituents is 1. The monoisotopic (exact) mass is 419 g/mol. The van der Waals surface area contributed by atoms with Crippen molar-refractivity contribution in [1.29, 1.82) is 0 Å². The molecule has 0 aliphatic carbocycles. The number of nitrogens with one attached hydrogen (secondary N) is 1. The van der Waals surface area contributed by atoms with E-state index in [4.69, 9.17) is 4.74 Å². The summed E-state index contributed by atoms with van der Waals surface area (Å²) < 4.78 is 32.2. The number of nitro groups is 1. The Bertz CT molecular complexity index is 1060. The molecule has 0 spiro atoms. The second-order valence-corrected chi connectivity index (χ2v) is 8.62. The van der Waals surface area contributed by atoms with Crippen LogP contribution in [0.3, 0.4) is 0 Å². The van der Waals surface area contributed by atoms with Crippen LogP contribution < -0.4 is 10.1 Å². The molecule has 9 nitrogen and oxygen atoms in total. The van der Waals surface area contributed by atoms with Crippen LogP contribution in [0.5, 0.6) is 5.75 Å². The number of carbonyl (C=O) groups is 1. The average molecular weight is 419 g/mol. The third-order valence-corrected chi connectivity index (χ3v) is 6.69. The summed E-state index contributed by atoms with van der Waals surface area (Å²) in [5.41, 5.74) is 0.660. The fraction of sp³-hybridized carbons (Fsp3) is 0.316. The Kier molecular flexibility index (Phi) is 5.85. The van der Waals surface area contributed by atoms with E-state index < -0.39 is 20.9 Å². The Hall–Kier alpha value is -2.98. The molecule has 154 valence electrons. The van der Waals surface area contributed by atoms with Crippen LogP contribution in [0.25, 0.3) is 0 Å². The molecule has 3 rings (SSSR count). The smallest absolute Gasteiger partial charge is 0.271 e. The molecular formula is C19H21N3O6S. The van der Waals surface area contributed by atoms with Crippen LogP contribution in [-0.4, -0.2) is 43.8 Å². The normalized spacial score (nSPS) is 14.6. The van der Waals surface area contributed by atoms with Crippen molar-refractivity contribution in [1.82, 2.24) is 4.31 Å². The number of aryl methyl sites for hydroxylation is 1. The van der Waals surface area contributed by atoms with Gasteiger partial charge in [0.1, 0.15) is 5.75 Å². The number of hydrogen-bond donors (Lipinski definition) is 1. The number of amides is 1. The number of carbonyl (C=O) groups excluding carboxylic acids is 1. The zero-order valence-electron chi connectivity index (χ0n) is 16.0. The van der Waals surface area contributed by atoms with E-state index >= 15 is 0 Å². The Morgan fingerprint density at radius 2 is 1.86 bits per heavy atom. The van der Waals surface area contributed by atoms with Crippen LogP contribution in [0, 0.1) is 17.0 Å². The molecule has 29 heavy (non-hydrogen) atoms. The molecule has 1 amide bonds. The molecular weight excluding hydrogens is 398 g/mol. The van der Waals surface area contributed by atoms with Crippen molar-refractivity contribution in [3.05, 3.63) is 57.6 Å². The summed E-state index contributed by atoms with van der Waals surface area (Å²) in [7, 11) is -2.30. The van der Waals surface area contributed by atoms with E-state index in [1.807, 2.05) is 0 Å². The highest BCUT2D eigenvalue weighted by molar-refractivity contribution is 7.89. The van der Waals surface area contributed by atoms with Crippen molar-refractivity contribution in [2.24, 2.45) is 0 Å². The third-order valence-electron chi connectivity index (χ3n) is 4.80. The van der Waals surface area contributed by atoms with E-state index in [0.29, 0.717) is 18.7 Å². The van der Waals surface area contributed by atoms with Crippen molar-refractivity contribution in [2.45, 2.75) is 24.7 Å². The predicted octanol–water partition coefficient (Wildman–Crippen LogP) is 2.95. The Labute approximate surface area is 168 Å². The maximum Gasteiger partial charge on any atom is 0.271 e. The van der Waals surface area contributed by atoms with Crippen molar-refractivity contribution in [3.8, 4) is 5.75 Å². The van der Waals surface area contributed by atoms with E-state index in [2.05, 4.69) is 5.32 Å². The highest BCUT2D eigenvalue weighted by Crippen LogP contribution is 2.30. The number of rotatable bonds is 6. The number of nitro benzene ring substituents is 1. The summed E-state index contributed by atoms with van der Waals surface area (Å²) in [4.78, 5) is 23.3. The number of hydrogen-bond acceptors (Lipinski definition) is 6. The molecule has 1 heterocycles. The van der Waals surface area contributed by atoms with Gasteiger partial charge in [-0.15, -0.1) is 0 Å². The first-order valence-electron chi connectivity index (χ1n) is 8.98. The predicted molar refractivity (Wildman–Crippen MR) is 107 cm³/mol. The fourth-order valence-electron chi connectivity index (χ4n) is 3.18. The first-order valence-corrected chi connectivity index (χ1v) is 10.4. The largest absolute Gasteiger partial charge is 0.495 e. The number of nitrogens with zero attached hydrogens (tertiary/aromatic N) is 2. The van der Waals surface area contributed by atoms with Gasteiger partial charge in [0.05, 0.1) is 22.6 Å². The molecule has 1 fully saturated rings. The van der Waals surface area contributed by atoms with Crippen LogP contribution in [0.4, 0.5) is 11.4 Å². The van der Waals surface area contributed by atoms with Crippen LogP contribution in [-0.2, 0) is 10.0 Å². The molecule has 1 saturated heterocycles. The highest BCUT2D eigenvalue weighted by Gasteiger charge is 2.28. The average Bonchev–Trinajstić information content (AvgIpc) is 3.23. The topological polar surface area (TPSA) is 119 Å². The van der Waals surface area contributed by atoms with Gasteiger partial charge in [-0.1, -0.05) is 6.07 Å². The number of anilines is 1. The standard InChI is InChI=1S/C19H21N3O6S/c1-13-5-7-15(29(26,27)21-9-3-4-10-21)12-16(13)19(23)20-17-11-14(22(24)25)6-8-18(17)28-2/h5-8,11-12H,3-4,9-10H2,1-2H3,(H,20,23). The van der Waals surface area contributed by atoms with Crippen molar-refractivity contribution in [2.75, 3.05) is 25.5 Å². The Balaban J connectivity index is 1.94. The molecule has 0 atom stereocenters. The highest BCUT2D eigenvalue weighted by atomic mass is 32.2. The summed E-state index contributed by atoms with van der Waals surface area (Å²) in [6, 6.07) is 8.23. The fourth-order valence-corrected chi connectivity index (χ4v) is 4.72. The molecule has 1 aliphatic rings. The Morgan fingerprint density at radius 3 is 2.48 bits per heavy atom. The first kappa shape index (κ1) is 20.7. The van der Waals surface area contributed by atoms with Crippen molar-refractivity contribution in [3.63, 3.8) is 0 Å². The second kappa shape index (κ2) is 8.18. The zero-order valence-corrected chi connectivity index (χ0v) is 16.9. The van der Waals surface area contributed by atoms with Gasteiger partial charge in [-0.25, -0.2) is 8.42 Å². The van der Waals surface area contributed by atoms with E-state index in [0.717, 1.165) is 12.8 Å². The van der Waals surface area contributed by atoms with Crippen LogP contribution in [0.2, 0.25) is 0 Å². The van der Waals surface area contributed by atoms with E-state index in [1.54, 1.807) is 13.0 Å². The lowest BCUT2D eigenvalue weighted by molar-refractivity contribution is -0.384. The summed E-state index contributed by atoms with van der Waals surface area (Å²) >= 11 is 0. The Morgan fingerprint density at radius 1 is 1.17 bits per heavy atom. The molecule has 2 aromatic carbocycles. The van der Waals surface area contributed by atoms with Gasteiger partial charge >= 0.3 is 0 Å². The minimum atomic E-state index is -3.68. The molecule has 0 saturated carbocycles. The SMILES string of the molecule is COc1ccc([N+](=O)[O-])cc1NC(=O)c1cc(S(=O)(=O)N2CCCC2)ccc1C. The first-order chi connectivity index (χ1) is 13.7. The molecule has 0 aromatic heterocycles. The second-order valence-electron chi connectivity index (χ2n) is 6.68. The van der Waals surface area contributed by atoms with Gasteiger partial charge in [-0.3, -0.25) is 14.9 Å². The molecule has 1 aliphatic heterocycles. The van der Waals surface area contributed by atoms with Crippen LogP contribution in [0.15, 0.2) is 41.3 Å². The minimum absolute atomic E-state index is 0.0427. The van der Waals surface area contributed by atoms with Gasteiger partial charge in [-0.2, -0.15) is 4.31 Å². The van der Waals surface area contributed by atoms with E-state index in [9.17, 15) is 23.3 Å². The van der Waals surface area contributed by atoms with Gasteiger partial charge in [0.2, 0.25) is 10.0 Å². The quantitative estimate of drug-likeness (QED) is 0.568. The number of ether oxygens (including phenoxy) is 1. The lowest BCUT2D eigenvalue weighted by Gasteiger charge is -2.17. The molecule has 1 N–H and O–H groups in total. The van der Waals surface area contributed by atoms with Crippen LogP contribution in [0.1, 0.15) is 28.8 Å². The number of sulfonamides is 1. The lowest BCUT2D eigenvalue weighted by Crippen LogP contribution is -2.28. The summed E-state index contributed by atoms with van der Waals surface area (Å²) in [6.45, 7) is 2.61. The number of benzene rings is 2. The van der Waals surface area contributed by atoms with Crippen LogP contribution >= 0.6 is 0 Å². The van der Waals surface area contributed by atoms with Gasteiger partial charge in [-0.05, 0) is 43.5 Å². The molecule has 2 aromatic rings. The molecule has 0 bridgehead atoms. The maximum absolute atomic E-state index is 12.8.